The highest BCUT2D eigenvalue weighted by molar-refractivity contribution is 6.53. The standard InChI is InChI=1S/C12H25NO4Si/c1-4-11-16-18(14-5-2,15-6-3)17-12-7-8-13-9-10-13/h4H,1,5-12H2,2-3H3. The molecule has 1 rings (SSSR count). The van der Waals surface area contributed by atoms with E-state index in [0.29, 0.717) is 26.4 Å². The molecule has 1 heterocycles. The highest BCUT2D eigenvalue weighted by atomic mass is 28.4. The summed E-state index contributed by atoms with van der Waals surface area (Å²) >= 11 is 0. The molecular weight excluding hydrogens is 250 g/mol. The maximum atomic E-state index is 5.79. The summed E-state index contributed by atoms with van der Waals surface area (Å²) < 4.78 is 22.6. The van der Waals surface area contributed by atoms with Gasteiger partial charge in [0.1, 0.15) is 0 Å². The van der Waals surface area contributed by atoms with Crippen LogP contribution in [0.25, 0.3) is 0 Å². The summed E-state index contributed by atoms with van der Waals surface area (Å²) in [4.78, 5) is 2.36. The maximum absolute atomic E-state index is 5.79. The number of rotatable bonds is 12. The molecule has 0 spiro atoms. The van der Waals surface area contributed by atoms with Gasteiger partial charge in [0.15, 0.2) is 0 Å². The van der Waals surface area contributed by atoms with Crippen LogP contribution in [0.3, 0.4) is 0 Å². The Morgan fingerprint density at radius 1 is 1.11 bits per heavy atom. The van der Waals surface area contributed by atoms with Gasteiger partial charge >= 0.3 is 9.05 Å². The van der Waals surface area contributed by atoms with Gasteiger partial charge in [0.2, 0.25) is 0 Å². The van der Waals surface area contributed by atoms with Gasteiger partial charge in [-0.05, 0) is 20.3 Å². The fourth-order valence-corrected chi connectivity index (χ4v) is 3.47. The molecule has 0 unspecified atom stereocenters. The monoisotopic (exact) mass is 275 g/mol. The van der Waals surface area contributed by atoms with E-state index < -0.39 is 9.05 Å². The Morgan fingerprint density at radius 3 is 2.28 bits per heavy atom. The summed E-state index contributed by atoms with van der Waals surface area (Å²) in [5, 5.41) is 0. The maximum Gasteiger partial charge on any atom is 0.679 e. The fraction of sp³-hybridized carbons (Fsp3) is 0.833. The highest BCUT2D eigenvalue weighted by Gasteiger charge is 2.44. The van der Waals surface area contributed by atoms with Crippen LogP contribution in [0.4, 0.5) is 0 Å². The van der Waals surface area contributed by atoms with E-state index in [4.69, 9.17) is 17.7 Å². The summed E-state index contributed by atoms with van der Waals surface area (Å²) in [6.07, 6.45) is 2.66. The average molecular weight is 275 g/mol. The summed E-state index contributed by atoms with van der Waals surface area (Å²) in [5.41, 5.74) is 0. The van der Waals surface area contributed by atoms with Crippen LogP contribution in [0.1, 0.15) is 20.3 Å². The lowest BCUT2D eigenvalue weighted by Gasteiger charge is -2.26. The Kier molecular flexibility index (Phi) is 7.72. The summed E-state index contributed by atoms with van der Waals surface area (Å²) in [6, 6.07) is 0. The molecule has 1 aliphatic heterocycles. The van der Waals surface area contributed by atoms with Crippen LogP contribution in [0.5, 0.6) is 0 Å². The van der Waals surface area contributed by atoms with E-state index in [0.717, 1.165) is 13.0 Å². The summed E-state index contributed by atoms with van der Waals surface area (Å²) in [7, 11) is -2.96. The van der Waals surface area contributed by atoms with Crippen LogP contribution < -0.4 is 0 Å². The van der Waals surface area contributed by atoms with E-state index in [1.165, 1.54) is 13.1 Å². The molecule has 0 saturated carbocycles. The van der Waals surface area contributed by atoms with Gasteiger partial charge in [0.25, 0.3) is 0 Å². The zero-order valence-corrected chi connectivity index (χ0v) is 12.5. The summed E-state index contributed by atoms with van der Waals surface area (Å²) in [5.74, 6) is 0. The quantitative estimate of drug-likeness (QED) is 0.233. The van der Waals surface area contributed by atoms with Gasteiger partial charge < -0.3 is 22.6 Å². The van der Waals surface area contributed by atoms with E-state index in [1.54, 1.807) is 6.08 Å². The van der Waals surface area contributed by atoms with Gasteiger partial charge in [0.05, 0.1) is 6.61 Å². The van der Waals surface area contributed by atoms with E-state index in [2.05, 4.69) is 11.5 Å². The number of nitrogens with zero attached hydrogens (tertiary/aromatic N) is 1. The topological polar surface area (TPSA) is 39.9 Å². The number of hydrogen-bond acceptors (Lipinski definition) is 5. The largest absolute Gasteiger partial charge is 0.679 e. The smallest absolute Gasteiger partial charge is 0.351 e. The Morgan fingerprint density at radius 2 is 1.78 bits per heavy atom. The molecule has 0 amide bonds. The minimum atomic E-state index is -2.96. The molecule has 0 bridgehead atoms. The van der Waals surface area contributed by atoms with E-state index in [1.807, 2.05) is 13.8 Å². The Balaban J connectivity index is 2.34. The lowest BCUT2D eigenvalue weighted by Crippen LogP contribution is -2.49. The normalized spacial score (nSPS) is 15.9. The molecular formula is C12H25NO4Si. The lowest BCUT2D eigenvalue weighted by molar-refractivity contribution is -0.0250. The van der Waals surface area contributed by atoms with Crippen molar-refractivity contribution >= 4 is 9.05 Å². The highest BCUT2D eigenvalue weighted by Crippen LogP contribution is 2.13. The minimum absolute atomic E-state index is 0.387. The molecule has 0 aromatic heterocycles. The zero-order valence-electron chi connectivity index (χ0n) is 11.5. The van der Waals surface area contributed by atoms with Crippen molar-refractivity contribution < 1.29 is 17.7 Å². The molecule has 1 fully saturated rings. The van der Waals surface area contributed by atoms with E-state index >= 15 is 0 Å². The van der Waals surface area contributed by atoms with Crippen molar-refractivity contribution in [3.05, 3.63) is 12.7 Å². The molecule has 0 radical (unpaired) electrons. The van der Waals surface area contributed by atoms with E-state index in [-0.39, 0.29) is 0 Å². The van der Waals surface area contributed by atoms with Crippen LogP contribution >= 0.6 is 0 Å². The SMILES string of the molecule is C=CCO[Si](OCC)(OCC)OCCCN1CC1. The van der Waals surface area contributed by atoms with Crippen molar-refractivity contribution in [2.24, 2.45) is 0 Å². The van der Waals surface area contributed by atoms with Gasteiger partial charge in [-0.15, -0.1) is 6.58 Å². The second-order valence-electron chi connectivity index (χ2n) is 4.01. The molecule has 6 heteroatoms. The molecule has 0 atom stereocenters. The molecule has 1 saturated heterocycles. The lowest BCUT2D eigenvalue weighted by atomic mass is 10.5. The van der Waals surface area contributed by atoms with Crippen molar-refractivity contribution in [1.82, 2.24) is 4.90 Å². The summed E-state index contributed by atoms with van der Waals surface area (Å²) in [6.45, 7) is 13.0. The fourth-order valence-electron chi connectivity index (χ4n) is 1.54. The first-order valence-corrected chi connectivity index (χ1v) is 8.28. The van der Waals surface area contributed by atoms with Gasteiger partial charge in [-0.2, -0.15) is 0 Å². The van der Waals surface area contributed by atoms with Crippen LogP contribution in [0, 0.1) is 0 Å². The second kappa shape index (κ2) is 8.79. The third kappa shape index (κ3) is 6.08. The van der Waals surface area contributed by atoms with Gasteiger partial charge in [-0.1, -0.05) is 6.08 Å². The molecule has 18 heavy (non-hydrogen) atoms. The first-order valence-electron chi connectivity index (χ1n) is 6.65. The van der Waals surface area contributed by atoms with E-state index in [9.17, 15) is 0 Å². The minimum Gasteiger partial charge on any atom is -0.351 e. The average Bonchev–Trinajstić information content (AvgIpc) is 3.17. The van der Waals surface area contributed by atoms with Crippen molar-refractivity contribution in [1.29, 1.82) is 0 Å². The Labute approximate surface area is 111 Å². The van der Waals surface area contributed by atoms with Gasteiger partial charge in [-0.3, -0.25) is 0 Å². The van der Waals surface area contributed by atoms with Crippen LogP contribution in [0.2, 0.25) is 0 Å². The molecule has 5 nitrogen and oxygen atoms in total. The molecule has 106 valence electrons. The van der Waals surface area contributed by atoms with Crippen molar-refractivity contribution in [2.75, 3.05) is 46.1 Å². The first kappa shape index (κ1) is 15.8. The first-order chi connectivity index (χ1) is 8.76. The second-order valence-corrected chi connectivity index (χ2v) is 6.16. The molecule has 0 aromatic carbocycles. The number of hydrogen-bond donors (Lipinski definition) is 0. The van der Waals surface area contributed by atoms with Gasteiger partial charge in [-0.25, -0.2) is 0 Å². The Bertz CT molecular complexity index is 230. The van der Waals surface area contributed by atoms with Crippen LogP contribution in [-0.4, -0.2) is 60.0 Å². The zero-order chi connectivity index (χ0) is 13.3. The predicted molar refractivity (Wildman–Crippen MR) is 72.2 cm³/mol. The third-order valence-electron chi connectivity index (χ3n) is 2.46. The predicted octanol–water partition coefficient (Wildman–Crippen LogP) is 1.42. The third-order valence-corrected chi connectivity index (χ3v) is 4.82. The molecule has 1 aliphatic rings. The van der Waals surface area contributed by atoms with Crippen molar-refractivity contribution in [3.63, 3.8) is 0 Å². The molecule has 0 N–H and O–H groups in total. The molecule has 0 aromatic rings. The van der Waals surface area contributed by atoms with Crippen molar-refractivity contribution in [3.8, 4) is 0 Å². The van der Waals surface area contributed by atoms with Gasteiger partial charge in [0, 0.05) is 39.5 Å². The molecule has 0 aliphatic carbocycles. The van der Waals surface area contributed by atoms with Crippen LogP contribution in [-0.2, 0) is 17.7 Å². The Hall–Kier alpha value is -0.243. The van der Waals surface area contributed by atoms with Crippen molar-refractivity contribution in [2.45, 2.75) is 20.3 Å². The van der Waals surface area contributed by atoms with Crippen LogP contribution in [0.15, 0.2) is 12.7 Å².